The van der Waals surface area contributed by atoms with Crippen molar-refractivity contribution in [1.29, 1.82) is 0 Å². The summed E-state index contributed by atoms with van der Waals surface area (Å²) in [6, 6.07) is 0. The van der Waals surface area contributed by atoms with Crippen molar-refractivity contribution in [1.82, 2.24) is 0 Å². The molecule has 0 spiro atoms. The Kier molecular flexibility index (Phi) is 3.60. The van der Waals surface area contributed by atoms with Crippen molar-refractivity contribution in [2.24, 2.45) is 0 Å². The average molecular weight is 151 g/mol. The Morgan fingerprint density at radius 3 is 2.33 bits per heavy atom. The van der Waals surface area contributed by atoms with Crippen LogP contribution in [-0.2, 0) is 20.3 Å². The maximum atomic E-state index is 10.3. The van der Waals surface area contributed by atoms with E-state index in [2.05, 4.69) is 4.18 Å². The number of ketones is 1. The van der Waals surface area contributed by atoms with E-state index in [1.807, 2.05) is 0 Å². The fraction of sp³-hybridized carbons (Fsp3) is 0.750. The van der Waals surface area contributed by atoms with Gasteiger partial charge in [-0.05, 0) is 13.8 Å². The maximum Gasteiger partial charge on any atom is 0.159 e. The van der Waals surface area contributed by atoms with Crippen LogP contribution in [0.1, 0.15) is 13.8 Å². The molecule has 0 aliphatic heterocycles. The molecule has 0 saturated heterocycles. The van der Waals surface area contributed by atoms with Crippen LogP contribution in [0.5, 0.6) is 0 Å². The van der Waals surface area contributed by atoms with E-state index in [1.165, 1.54) is 13.8 Å². The lowest BCUT2D eigenvalue weighted by atomic mass is 10.3. The van der Waals surface area contributed by atoms with Gasteiger partial charge >= 0.3 is 0 Å². The van der Waals surface area contributed by atoms with Gasteiger partial charge in [0.1, 0.15) is 6.10 Å². The van der Waals surface area contributed by atoms with E-state index in [1.54, 1.807) is 0 Å². The number of rotatable bonds is 3. The molecule has 0 saturated carbocycles. The molecule has 0 aromatic rings. The van der Waals surface area contributed by atoms with E-state index < -0.39 is 17.5 Å². The number of Topliss-reactive ketones (excluding diaryl/α,β-unsaturated/α-hetero) is 1. The molecular weight excluding hydrogens is 144 g/mol. The van der Waals surface area contributed by atoms with Crippen LogP contribution in [0.4, 0.5) is 0 Å². The predicted octanol–water partition coefficient (Wildman–Crippen LogP) is -0.225. The van der Waals surface area contributed by atoms with Crippen LogP contribution in [0, 0.1) is 0 Å². The molecule has 0 fully saturated rings. The summed E-state index contributed by atoms with van der Waals surface area (Å²) in [6.07, 6.45) is -0.858. The molecular formula is C4H7O4S-. The van der Waals surface area contributed by atoms with E-state index in [0.29, 0.717) is 0 Å². The lowest BCUT2D eigenvalue weighted by Crippen LogP contribution is -2.18. The first-order chi connectivity index (χ1) is 4.04. The third kappa shape index (κ3) is 4.26. The summed E-state index contributed by atoms with van der Waals surface area (Å²) in [5.74, 6) is -0.306. The Morgan fingerprint density at radius 2 is 2.22 bits per heavy atom. The molecule has 5 heteroatoms. The quantitative estimate of drug-likeness (QED) is 0.523. The lowest BCUT2D eigenvalue weighted by molar-refractivity contribution is -0.122. The Balaban J connectivity index is 3.63. The predicted molar refractivity (Wildman–Crippen MR) is 30.1 cm³/mol. The molecule has 0 N–H and O–H groups in total. The second-order valence-corrected chi connectivity index (χ2v) is 2.15. The number of carbonyl (C=O) groups excluding carboxylic acids is 1. The van der Waals surface area contributed by atoms with Crippen LogP contribution in [0.2, 0.25) is 0 Å². The van der Waals surface area contributed by atoms with Gasteiger partial charge in [-0.2, -0.15) is 0 Å². The zero-order chi connectivity index (χ0) is 7.44. The van der Waals surface area contributed by atoms with Crippen LogP contribution in [0.3, 0.4) is 0 Å². The molecule has 0 aliphatic carbocycles. The zero-order valence-corrected chi connectivity index (χ0v) is 5.94. The fourth-order valence-corrected chi connectivity index (χ4v) is 0.557. The number of carbonyl (C=O) groups is 1. The van der Waals surface area contributed by atoms with Crippen LogP contribution in [0.25, 0.3) is 0 Å². The van der Waals surface area contributed by atoms with Crippen LogP contribution in [-0.4, -0.2) is 20.6 Å². The van der Waals surface area contributed by atoms with E-state index in [4.69, 9.17) is 0 Å². The van der Waals surface area contributed by atoms with Gasteiger partial charge in [0.2, 0.25) is 0 Å². The van der Waals surface area contributed by atoms with Gasteiger partial charge in [0, 0.05) is 0 Å². The van der Waals surface area contributed by atoms with Crippen molar-refractivity contribution in [3.05, 3.63) is 0 Å². The Bertz CT molecular complexity index is 133. The molecule has 0 aromatic carbocycles. The number of hydrogen-bond donors (Lipinski definition) is 0. The zero-order valence-electron chi connectivity index (χ0n) is 5.12. The SMILES string of the molecule is CC(=O)C(C)OS(=O)[O-]. The second kappa shape index (κ2) is 3.71. The molecule has 54 valence electrons. The van der Waals surface area contributed by atoms with E-state index in [-0.39, 0.29) is 5.78 Å². The molecule has 2 unspecified atom stereocenters. The van der Waals surface area contributed by atoms with Crippen molar-refractivity contribution < 1.29 is 17.7 Å². The Hall–Kier alpha value is -0.260. The Morgan fingerprint density at radius 1 is 1.78 bits per heavy atom. The standard InChI is InChI=1S/C4H8O4S/c1-3(5)4(2)8-9(6)7/h4H,1-2H3,(H,6,7)/p-1. The fourth-order valence-electron chi connectivity index (χ4n) is 0.186. The summed E-state index contributed by atoms with van der Waals surface area (Å²) < 4.78 is 23.6. The van der Waals surface area contributed by atoms with Gasteiger partial charge in [-0.15, -0.1) is 0 Å². The molecule has 0 amide bonds. The van der Waals surface area contributed by atoms with Crippen LogP contribution >= 0.6 is 0 Å². The molecule has 0 heterocycles. The average Bonchev–Trinajstić information content (AvgIpc) is 1.63. The second-order valence-electron chi connectivity index (χ2n) is 1.55. The normalized spacial score (nSPS) is 16.8. The highest BCUT2D eigenvalue weighted by Gasteiger charge is 2.06. The first kappa shape index (κ1) is 8.74. The lowest BCUT2D eigenvalue weighted by Gasteiger charge is -2.09. The van der Waals surface area contributed by atoms with Gasteiger partial charge in [-0.3, -0.25) is 8.98 Å². The van der Waals surface area contributed by atoms with Crippen LogP contribution in [0.15, 0.2) is 0 Å². The van der Waals surface area contributed by atoms with Gasteiger partial charge in [-0.25, -0.2) is 4.21 Å². The monoisotopic (exact) mass is 151 g/mol. The first-order valence-corrected chi connectivity index (χ1v) is 3.31. The number of hydrogen-bond acceptors (Lipinski definition) is 4. The molecule has 4 nitrogen and oxygen atoms in total. The summed E-state index contributed by atoms with van der Waals surface area (Å²) in [7, 11) is 0. The van der Waals surface area contributed by atoms with Crippen molar-refractivity contribution in [2.75, 3.05) is 0 Å². The highest BCUT2D eigenvalue weighted by molar-refractivity contribution is 7.74. The molecule has 0 aromatic heterocycles. The first-order valence-electron chi connectivity index (χ1n) is 2.31. The minimum Gasteiger partial charge on any atom is -0.750 e. The largest absolute Gasteiger partial charge is 0.750 e. The topological polar surface area (TPSA) is 66.4 Å². The van der Waals surface area contributed by atoms with Crippen molar-refractivity contribution in [2.45, 2.75) is 20.0 Å². The molecule has 2 atom stereocenters. The molecule has 9 heavy (non-hydrogen) atoms. The molecule has 0 rings (SSSR count). The smallest absolute Gasteiger partial charge is 0.159 e. The van der Waals surface area contributed by atoms with Gasteiger partial charge in [0.25, 0.3) is 0 Å². The van der Waals surface area contributed by atoms with Crippen LogP contribution < -0.4 is 0 Å². The van der Waals surface area contributed by atoms with Crippen molar-refractivity contribution >= 4 is 17.1 Å². The summed E-state index contributed by atoms with van der Waals surface area (Å²) in [5.41, 5.74) is 0. The van der Waals surface area contributed by atoms with E-state index in [0.717, 1.165) is 0 Å². The Labute approximate surface area is 55.7 Å². The minimum absolute atomic E-state index is 0.306. The van der Waals surface area contributed by atoms with Gasteiger partial charge in [-0.1, -0.05) is 0 Å². The summed E-state index contributed by atoms with van der Waals surface area (Å²) in [5, 5.41) is 0. The maximum absolute atomic E-state index is 10.3. The van der Waals surface area contributed by atoms with Crippen molar-refractivity contribution in [3.63, 3.8) is 0 Å². The summed E-state index contributed by atoms with van der Waals surface area (Å²) in [6.45, 7) is 2.63. The summed E-state index contributed by atoms with van der Waals surface area (Å²) >= 11 is -2.59. The van der Waals surface area contributed by atoms with Gasteiger partial charge in [0.15, 0.2) is 5.78 Å². The van der Waals surface area contributed by atoms with Gasteiger partial charge in [0.05, 0.1) is 11.4 Å². The third-order valence-corrected chi connectivity index (χ3v) is 1.24. The van der Waals surface area contributed by atoms with Crippen molar-refractivity contribution in [3.8, 4) is 0 Å². The van der Waals surface area contributed by atoms with E-state index >= 15 is 0 Å². The third-order valence-electron chi connectivity index (χ3n) is 0.795. The molecule has 0 bridgehead atoms. The molecule has 0 aliphatic rings. The summed E-state index contributed by atoms with van der Waals surface area (Å²) in [4.78, 5) is 10.3. The highest BCUT2D eigenvalue weighted by atomic mass is 32.2. The van der Waals surface area contributed by atoms with Gasteiger partial charge < -0.3 is 4.55 Å². The minimum atomic E-state index is -2.59. The van der Waals surface area contributed by atoms with E-state index in [9.17, 15) is 13.6 Å². The molecule has 0 radical (unpaired) electrons. The highest BCUT2D eigenvalue weighted by Crippen LogP contribution is 1.92.